The summed E-state index contributed by atoms with van der Waals surface area (Å²) in [6.07, 6.45) is 0. The molecular weight excluding hydrogens is 258 g/mol. The molecule has 1 unspecified atom stereocenters. The zero-order valence-corrected chi connectivity index (χ0v) is 12.6. The van der Waals surface area contributed by atoms with E-state index in [2.05, 4.69) is 19.9 Å². The molecule has 21 heavy (non-hydrogen) atoms. The highest BCUT2D eigenvalue weighted by Crippen LogP contribution is 2.23. The van der Waals surface area contributed by atoms with Crippen LogP contribution in [-0.2, 0) is 0 Å². The molecule has 0 heterocycles. The van der Waals surface area contributed by atoms with Crippen LogP contribution in [0.4, 0.5) is 0 Å². The van der Waals surface area contributed by atoms with Crippen molar-refractivity contribution in [3.63, 3.8) is 0 Å². The van der Waals surface area contributed by atoms with Crippen LogP contribution < -0.4 is 0 Å². The third-order valence-corrected chi connectivity index (χ3v) is 3.66. The second-order valence-corrected chi connectivity index (χ2v) is 5.61. The van der Waals surface area contributed by atoms with E-state index >= 15 is 0 Å². The van der Waals surface area contributed by atoms with E-state index in [1.54, 1.807) is 12.1 Å². The van der Waals surface area contributed by atoms with Gasteiger partial charge < -0.3 is 0 Å². The first-order valence-corrected chi connectivity index (χ1v) is 7.13. The fourth-order valence-electron chi connectivity index (χ4n) is 2.24. The predicted molar refractivity (Wildman–Crippen MR) is 84.4 cm³/mol. The Balaban J connectivity index is 2.29. The molecule has 0 aliphatic rings. The van der Waals surface area contributed by atoms with Gasteiger partial charge in [-0.2, -0.15) is 5.26 Å². The van der Waals surface area contributed by atoms with Crippen molar-refractivity contribution in [1.29, 1.82) is 5.26 Å². The number of aryl methyl sites for hydroxylation is 1. The molecule has 2 aromatic carbocycles. The van der Waals surface area contributed by atoms with Gasteiger partial charge in [0.05, 0.1) is 6.07 Å². The van der Waals surface area contributed by atoms with E-state index in [1.807, 2.05) is 43.3 Å². The summed E-state index contributed by atoms with van der Waals surface area (Å²) in [5.74, 6) is -0.448. The molecule has 0 fully saturated rings. The minimum Gasteiger partial charge on any atom is -0.292 e. The van der Waals surface area contributed by atoms with Crippen molar-refractivity contribution in [3.05, 3.63) is 70.8 Å². The van der Waals surface area contributed by atoms with Crippen LogP contribution in [-0.4, -0.2) is 5.78 Å². The van der Waals surface area contributed by atoms with Gasteiger partial charge in [-0.05, 0) is 24.0 Å². The molecule has 0 bridgehead atoms. The van der Waals surface area contributed by atoms with Gasteiger partial charge in [0.25, 0.3) is 0 Å². The zero-order chi connectivity index (χ0) is 15.4. The summed E-state index contributed by atoms with van der Waals surface area (Å²) in [5.41, 5.74) is 3.65. The molecule has 1 atom stereocenters. The van der Waals surface area contributed by atoms with Gasteiger partial charge >= 0.3 is 0 Å². The quantitative estimate of drug-likeness (QED) is 0.766. The molecule has 2 rings (SSSR count). The first-order chi connectivity index (χ1) is 10.0. The van der Waals surface area contributed by atoms with Crippen LogP contribution in [0.15, 0.2) is 48.5 Å². The van der Waals surface area contributed by atoms with Crippen molar-refractivity contribution in [3.8, 4) is 6.07 Å². The fourth-order valence-corrected chi connectivity index (χ4v) is 2.24. The normalized spacial score (nSPS) is 12.0. The van der Waals surface area contributed by atoms with Gasteiger partial charge in [-0.25, -0.2) is 0 Å². The average Bonchev–Trinajstić information content (AvgIpc) is 2.49. The summed E-state index contributed by atoms with van der Waals surface area (Å²) in [5, 5.41) is 9.37. The second kappa shape index (κ2) is 6.37. The van der Waals surface area contributed by atoms with Crippen molar-refractivity contribution in [2.45, 2.75) is 32.6 Å². The van der Waals surface area contributed by atoms with Gasteiger partial charge in [-0.15, -0.1) is 0 Å². The summed E-state index contributed by atoms with van der Waals surface area (Å²) in [4.78, 5) is 12.5. The van der Waals surface area contributed by atoms with Crippen LogP contribution in [0.2, 0.25) is 0 Å². The molecule has 2 nitrogen and oxygen atoms in total. The maximum atomic E-state index is 12.5. The Bertz CT molecular complexity index is 660. The highest BCUT2D eigenvalue weighted by molar-refractivity contribution is 6.02. The Kier molecular flexibility index (Phi) is 4.55. The highest BCUT2D eigenvalue weighted by atomic mass is 16.1. The van der Waals surface area contributed by atoms with Crippen molar-refractivity contribution >= 4 is 5.78 Å². The summed E-state index contributed by atoms with van der Waals surface area (Å²) >= 11 is 0. The molecule has 0 radical (unpaired) electrons. The molecular formula is C19H19NO. The predicted octanol–water partition coefficient (Wildman–Crippen LogP) is 4.61. The maximum Gasteiger partial charge on any atom is 0.184 e. The van der Waals surface area contributed by atoms with Gasteiger partial charge in [-0.1, -0.05) is 67.9 Å². The molecule has 0 spiro atoms. The summed E-state index contributed by atoms with van der Waals surface area (Å²) in [6.45, 7) is 6.21. The lowest BCUT2D eigenvalue weighted by Crippen LogP contribution is -2.11. The van der Waals surface area contributed by atoms with Crippen molar-refractivity contribution in [2.24, 2.45) is 0 Å². The molecule has 2 aromatic rings. The molecule has 0 saturated carbocycles. The zero-order valence-electron chi connectivity index (χ0n) is 12.6. The van der Waals surface area contributed by atoms with Crippen LogP contribution >= 0.6 is 0 Å². The Morgan fingerprint density at radius 1 is 0.952 bits per heavy atom. The van der Waals surface area contributed by atoms with Crippen molar-refractivity contribution in [2.75, 3.05) is 0 Å². The smallest absolute Gasteiger partial charge is 0.184 e. The minimum absolute atomic E-state index is 0.144. The van der Waals surface area contributed by atoms with Crippen LogP contribution in [0, 0.1) is 18.3 Å². The largest absolute Gasteiger partial charge is 0.292 e. The first kappa shape index (κ1) is 15.0. The third-order valence-electron chi connectivity index (χ3n) is 3.66. The standard InChI is InChI=1S/C19H19NO/c1-13(2)15-8-10-16(11-9-15)18(12-20)19(21)17-6-4-14(3)5-7-17/h4-11,13,18H,1-3H3. The number of ketones is 1. The van der Waals surface area contributed by atoms with Crippen molar-refractivity contribution in [1.82, 2.24) is 0 Å². The lowest BCUT2D eigenvalue weighted by atomic mass is 9.90. The molecule has 0 aromatic heterocycles. The molecule has 0 amide bonds. The van der Waals surface area contributed by atoms with E-state index in [0.717, 1.165) is 11.1 Å². The van der Waals surface area contributed by atoms with Crippen LogP contribution in [0.5, 0.6) is 0 Å². The fraction of sp³-hybridized carbons (Fsp3) is 0.263. The lowest BCUT2D eigenvalue weighted by molar-refractivity contribution is 0.0979. The number of carbonyl (C=O) groups excluding carboxylic acids is 1. The number of hydrogen-bond acceptors (Lipinski definition) is 2. The van der Waals surface area contributed by atoms with Gasteiger partial charge in [0.1, 0.15) is 5.92 Å². The van der Waals surface area contributed by atoms with Crippen molar-refractivity contribution < 1.29 is 4.79 Å². The lowest BCUT2D eigenvalue weighted by Gasteiger charge is -2.11. The van der Waals surface area contributed by atoms with Crippen LogP contribution in [0.25, 0.3) is 0 Å². The second-order valence-electron chi connectivity index (χ2n) is 5.61. The minimum atomic E-state index is -0.742. The van der Waals surface area contributed by atoms with E-state index in [4.69, 9.17) is 0 Å². The van der Waals surface area contributed by atoms with Crippen LogP contribution in [0.1, 0.15) is 52.7 Å². The SMILES string of the molecule is Cc1ccc(C(=O)C(C#N)c2ccc(C(C)C)cc2)cc1. The summed E-state index contributed by atoms with van der Waals surface area (Å²) < 4.78 is 0. The van der Waals surface area contributed by atoms with E-state index in [9.17, 15) is 10.1 Å². The van der Waals surface area contributed by atoms with E-state index < -0.39 is 5.92 Å². The van der Waals surface area contributed by atoms with E-state index in [-0.39, 0.29) is 5.78 Å². The van der Waals surface area contributed by atoms with E-state index in [0.29, 0.717) is 11.5 Å². The van der Waals surface area contributed by atoms with Gasteiger partial charge in [0, 0.05) is 5.56 Å². The maximum absolute atomic E-state index is 12.5. The number of hydrogen-bond donors (Lipinski definition) is 0. The van der Waals surface area contributed by atoms with E-state index in [1.165, 1.54) is 5.56 Å². The van der Waals surface area contributed by atoms with Gasteiger partial charge in [0.2, 0.25) is 0 Å². The number of carbonyl (C=O) groups is 1. The number of benzene rings is 2. The molecule has 0 saturated heterocycles. The Hall–Kier alpha value is -2.40. The molecule has 2 heteroatoms. The van der Waals surface area contributed by atoms with Gasteiger partial charge in [0.15, 0.2) is 5.78 Å². The molecule has 0 aliphatic heterocycles. The Morgan fingerprint density at radius 2 is 1.48 bits per heavy atom. The average molecular weight is 277 g/mol. The topological polar surface area (TPSA) is 40.9 Å². The van der Waals surface area contributed by atoms with Gasteiger partial charge in [-0.3, -0.25) is 4.79 Å². The summed E-state index contributed by atoms with van der Waals surface area (Å²) in [6, 6.07) is 17.2. The number of Topliss-reactive ketones (excluding diaryl/α,β-unsaturated/α-hetero) is 1. The first-order valence-electron chi connectivity index (χ1n) is 7.13. The summed E-state index contributed by atoms with van der Waals surface area (Å²) in [7, 11) is 0. The molecule has 0 aliphatic carbocycles. The number of nitriles is 1. The molecule has 106 valence electrons. The Labute approximate surface area is 126 Å². The Morgan fingerprint density at radius 3 is 1.95 bits per heavy atom. The monoisotopic (exact) mass is 277 g/mol. The molecule has 0 N–H and O–H groups in total. The number of rotatable bonds is 4. The highest BCUT2D eigenvalue weighted by Gasteiger charge is 2.21. The third kappa shape index (κ3) is 3.38. The number of nitrogens with zero attached hydrogens (tertiary/aromatic N) is 1. The van der Waals surface area contributed by atoms with Crippen LogP contribution in [0.3, 0.4) is 0 Å².